The number of ether oxygens (including phenoxy) is 2. The number of nitrogens with zero attached hydrogens (tertiary/aromatic N) is 2. The quantitative estimate of drug-likeness (QED) is 0.276. The number of thiophene rings is 1. The Balaban J connectivity index is 0.00000341. The smallest absolute Gasteiger partial charge is 0.191 e. The van der Waals surface area contributed by atoms with Gasteiger partial charge in [0.25, 0.3) is 0 Å². The molecule has 2 unspecified atom stereocenters. The van der Waals surface area contributed by atoms with Crippen molar-refractivity contribution in [3.63, 3.8) is 0 Å². The third-order valence-corrected chi connectivity index (χ3v) is 6.32. The number of guanidine groups is 1. The monoisotopic (exact) mass is 558 g/mol. The highest BCUT2D eigenvalue weighted by molar-refractivity contribution is 14.0. The molecule has 1 saturated heterocycles. The van der Waals surface area contributed by atoms with E-state index in [1.54, 1.807) is 18.4 Å². The van der Waals surface area contributed by atoms with Crippen molar-refractivity contribution in [3.8, 4) is 5.75 Å². The fourth-order valence-electron chi connectivity index (χ4n) is 3.48. The van der Waals surface area contributed by atoms with Crippen LogP contribution in [0.4, 0.5) is 0 Å². The van der Waals surface area contributed by atoms with Crippen LogP contribution in [0.15, 0.2) is 40.7 Å². The van der Waals surface area contributed by atoms with Gasteiger partial charge >= 0.3 is 0 Å². The minimum absolute atomic E-state index is 0. The number of nitrogens with one attached hydrogen (secondary N) is 2. The van der Waals surface area contributed by atoms with Crippen LogP contribution in [0.3, 0.4) is 0 Å². The molecule has 0 spiro atoms. The molecule has 0 aliphatic carbocycles. The lowest BCUT2D eigenvalue weighted by molar-refractivity contribution is 0.166. The molecule has 2 N–H and O–H groups in total. The van der Waals surface area contributed by atoms with Gasteiger partial charge in [0, 0.05) is 43.1 Å². The van der Waals surface area contributed by atoms with Gasteiger partial charge in [-0.3, -0.25) is 4.99 Å². The van der Waals surface area contributed by atoms with E-state index < -0.39 is 0 Å². The lowest BCUT2D eigenvalue weighted by atomic mass is 10.1. The second-order valence-electron chi connectivity index (χ2n) is 7.95. The maximum Gasteiger partial charge on any atom is 0.191 e. The molecule has 8 heteroatoms. The molecule has 172 valence electrons. The molecule has 0 saturated carbocycles. The number of halogens is 1. The Hall–Kier alpha value is -1.36. The van der Waals surface area contributed by atoms with Crippen LogP contribution in [0, 0.1) is 12.8 Å². The zero-order valence-corrected chi connectivity index (χ0v) is 22.0. The predicted molar refractivity (Wildman–Crippen MR) is 140 cm³/mol. The SMILES string of the molecule is CN=C(NCc1ccc(C)cc1OCC1CCOC1)NCC(c1cccs1)N(C)C.I. The van der Waals surface area contributed by atoms with Crippen molar-refractivity contribution >= 4 is 41.3 Å². The fourth-order valence-corrected chi connectivity index (χ4v) is 4.40. The molecule has 3 rings (SSSR count). The lowest BCUT2D eigenvalue weighted by Gasteiger charge is -2.24. The van der Waals surface area contributed by atoms with Gasteiger partial charge in [0.2, 0.25) is 0 Å². The largest absolute Gasteiger partial charge is 0.493 e. The lowest BCUT2D eigenvalue weighted by Crippen LogP contribution is -2.41. The molecule has 2 aromatic rings. The van der Waals surface area contributed by atoms with Crippen LogP contribution >= 0.6 is 35.3 Å². The first-order valence-electron chi connectivity index (χ1n) is 10.5. The maximum atomic E-state index is 6.16. The van der Waals surface area contributed by atoms with Gasteiger partial charge in [0.05, 0.1) is 19.3 Å². The number of aryl methyl sites for hydroxylation is 1. The second-order valence-corrected chi connectivity index (χ2v) is 8.93. The van der Waals surface area contributed by atoms with Crippen LogP contribution in [0.5, 0.6) is 5.75 Å². The van der Waals surface area contributed by atoms with Crippen molar-refractivity contribution in [1.82, 2.24) is 15.5 Å². The van der Waals surface area contributed by atoms with Crippen molar-refractivity contribution in [1.29, 1.82) is 0 Å². The van der Waals surface area contributed by atoms with Crippen molar-refractivity contribution in [2.24, 2.45) is 10.9 Å². The summed E-state index contributed by atoms with van der Waals surface area (Å²) in [7, 11) is 6.01. The summed E-state index contributed by atoms with van der Waals surface area (Å²) in [6, 6.07) is 10.9. The molecule has 0 bridgehead atoms. The predicted octanol–water partition coefficient (Wildman–Crippen LogP) is 4.06. The summed E-state index contributed by atoms with van der Waals surface area (Å²) >= 11 is 1.78. The van der Waals surface area contributed by atoms with E-state index in [1.165, 1.54) is 10.4 Å². The number of likely N-dealkylation sites (N-methyl/N-ethyl adjacent to an activating group) is 1. The van der Waals surface area contributed by atoms with E-state index in [4.69, 9.17) is 9.47 Å². The van der Waals surface area contributed by atoms with Gasteiger partial charge in [0.1, 0.15) is 5.75 Å². The zero-order valence-electron chi connectivity index (χ0n) is 18.9. The van der Waals surface area contributed by atoms with E-state index >= 15 is 0 Å². The molecule has 31 heavy (non-hydrogen) atoms. The van der Waals surface area contributed by atoms with E-state index in [-0.39, 0.29) is 24.0 Å². The van der Waals surface area contributed by atoms with E-state index in [0.29, 0.717) is 25.1 Å². The maximum absolute atomic E-state index is 6.16. The molecule has 1 aromatic heterocycles. The number of benzene rings is 1. The highest BCUT2D eigenvalue weighted by Gasteiger charge is 2.18. The number of rotatable bonds is 9. The van der Waals surface area contributed by atoms with Gasteiger partial charge in [-0.05, 0) is 50.5 Å². The first kappa shape index (κ1) is 25.9. The number of hydrogen-bond donors (Lipinski definition) is 2. The van der Waals surface area contributed by atoms with E-state index in [1.807, 2.05) is 0 Å². The van der Waals surface area contributed by atoms with Crippen molar-refractivity contribution < 1.29 is 9.47 Å². The summed E-state index contributed by atoms with van der Waals surface area (Å²) < 4.78 is 11.6. The molecule has 2 atom stereocenters. The molecule has 1 aliphatic heterocycles. The van der Waals surface area contributed by atoms with Gasteiger partial charge in [-0.1, -0.05) is 18.2 Å². The van der Waals surface area contributed by atoms with Gasteiger partial charge in [-0.2, -0.15) is 0 Å². The summed E-state index contributed by atoms with van der Waals surface area (Å²) in [5.74, 6) is 2.21. The molecule has 1 aliphatic rings. The van der Waals surface area contributed by atoms with Crippen molar-refractivity contribution in [2.45, 2.75) is 25.9 Å². The molecule has 1 aromatic carbocycles. The first-order valence-corrected chi connectivity index (χ1v) is 11.4. The molecule has 1 fully saturated rings. The molecular weight excluding hydrogens is 523 g/mol. The van der Waals surface area contributed by atoms with E-state index in [9.17, 15) is 0 Å². The Morgan fingerprint density at radius 3 is 2.81 bits per heavy atom. The third-order valence-electron chi connectivity index (χ3n) is 5.35. The fraction of sp³-hybridized carbons (Fsp3) is 0.522. The average Bonchev–Trinajstić information content (AvgIpc) is 3.44. The third kappa shape index (κ3) is 7.93. The molecule has 6 nitrogen and oxygen atoms in total. The van der Waals surface area contributed by atoms with E-state index in [0.717, 1.165) is 43.5 Å². The average molecular weight is 559 g/mol. The normalized spacial score (nSPS) is 17.3. The van der Waals surface area contributed by atoms with E-state index in [2.05, 4.69) is 77.3 Å². The summed E-state index contributed by atoms with van der Waals surface area (Å²) in [6.07, 6.45) is 1.08. The van der Waals surface area contributed by atoms with Crippen LogP contribution in [0.25, 0.3) is 0 Å². The Bertz CT molecular complexity index is 808. The Morgan fingerprint density at radius 2 is 2.16 bits per heavy atom. The highest BCUT2D eigenvalue weighted by atomic mass is 127. The first-order chi connectivity index (χ1) is 14.6. The van der Waals surface area contributed by atoms with Gasteiger partial charge in [0.15, 0.2) is 5.96 Å². The van der Waals surface area contributed by atoms with Crippen LogP contribution in [0.2, 0.25) is 0 Å². The Labute approximate surface area is 207 Å². The molecule has 2 heterocycles. The van der Waals surface area contributed by atoms with Crippen molar-refractivity contribution in [2.75, 3.05) is 47.5 Å². The summed E-state index contributed by atoms with van der Waals surface area (Å²) in [4.78, 5) is 7.96. The Morgan fingerprint density at radius 1 is 1.32 bits per heavy atom. The van der Waals surface area contributed by atoms with Crippen LogP contribution in [0.1, 0.15) is 28.5 Å². The Kier molecular flexibility index (Phi) is 11.1. The second kappa shape index (κ2) is 13.2. The van der Waals surface area contributed by atoms with Crippen LogP contribution in [-0.4, -0.2) is 58.4 Å². The topological polar surface area (TPSA) is 58.1 Å². The number of aliphatic imine (C=N–C) groups is 1. The minimum Gasteiger partial charge on any atom is -0.493 e. The van der Waals surface area contributed by atoms with Gasteiger partial charge < -0.3 is 25.0 Å². The van der Waals surface area contributed by atoms with Crippen molar-refractivity contribution in [3.05, 3.63) is 51.7 Å². The summed E-state index contributed by atoms with van der Waals surface area (Å²) in [6.45, 7) is 5.88. The van der Waals surface area contributed by atoms with Crippen LogP contribution < -0.4 is 15.4 Å². The zero-order chi connectivity index (χ0) is 21.3. The number of hydrogen-bond acceptors (Lipinski definition) is 5. The molecule has 0 amide bonds. The summed E-state index contributed by atoms with van der Waals surface area (Å²) in [5.41, 5.74) is 2.33. The molecular formula is C23H35IN4O2S. The molecule has 0 radical (unpaired) electrons. The standard InChI is InChI=1S/C23H34N4O2S.HI/c1-17-7-8-19(21(12-17)29-16-18-9-10-28-15-18)13-25-23(24-2)26-14-20(27(3)4)22-6-5-11-30-22;/h5-8,11-12,18,20H,9-10,13-16H2,1-4H3,(H2,24,25,26);1H. The summed E-state index contributed by atoms with van der Waals surface area (Å²) in [5, 5.41) is 9.02. The van der Waals surface area contributed by atoms with Gasteiger partial charge in [-0.15, -0.1) is 35.3 Å². The van der Waals surface area contributed by atoms with Gasteiger partial charge in [-0.25, -0.2) is 0 Å². The highest BCUT2D eigenvalue weighted by Crippen LogP contribution is 2.23. The minimum atomic E-state index is 0. The van der Waals surface area contributed by atoms with Crippen LogP contribution in [-0.2, 0) is 11.3 Å².